The first-order chi connectivity index (χ1) is 16.4. The first kappa shape index (κ1) is 29.1. The first-order valence-corrected chi connectivity index (χ1v) is 14.1. The molecule has 0 saturated carbocycles. The normalized spacial score (nSPS) is 19.3. The summed E-state index contributed by atoms with van der Waals surface area (Å²) in [6, 6.07) is 0. The Labute approximate surface area is 209 Å². The zero-order chi connectivity index (χ0) is 24.8. The molecule has 2 heterocycles. The Bertz CT molecular complexity index is 577. The van der Waals surface area contributed by atoms with Crippen molar-refractivity contribution in [3.63, 3.8) is 0 Å². The number of rotatable bonds is 15. The second-order valence-electron chi connectivity index (χ2n) is 11.0. The fraction of sp³-hybridized carbons (Fsp3) is 0.929. The molecule has 0 aromatic rings. The van der Waals surface area contributed by atoms with Gasteiger partial charge in [-0.2, -0.15) is 0 Å². The molecule has 0 amide bonds. The highest BCUT2D eigenvalue weighted by molar-refractivity contribution is 5.70. The summed E-state index contributed by atoms with van der Waals surface area (Å²) in [5, 5.41) is 0. The molecule has 2 fully saturated rings. The van der Waals surface area contributed by atoms with Gasteiger partial charge in [0.1, 0.15) is 13.2 Å². The van der Waals surface area contributed by atoms with Crippen molar-refractivity contribution >= 4 is 11.9 Å². The Morgan fingerprint density at radius 2 is 1.29 bits per heavy atom. The minimum atomic E-state index is -0.273. The summed E-state index contributed by atoms with van der Waals surface area (Å²) in [6.07, 6.45) is 12.8. The number of hydrogen-bond acceptors (Lipinski definition) is 6. The van der Waals surface area contributed by atoms with Crippen molar-refractivity contribution in [2.24, 2.45) is 17.3 Å². The van der Waals surface area contributed by atoms with Crippen molar-refractivity contribution in [3.05, 3.63) is 0 Å². The van der Waals surface area contributed by atoms with E-state index in [0.29, 0.717) is 26.1 Å². The molecule has 2 aliphatic rings. The fourth-order valence-electron chi connectivity index (χ4n) is 5.31. The molecular weight excluding hydrogens is 428 g/mol. The van der Waals surface area contributed by atoms with Crippen LogP contribution in [0.3, 0.4) is 0 Å². The molecule has 2 aliphatic heterocycles. The Hall–Kier alpha value is -1.14. The van der Waals surface area contributed by atoms with E-state index in [1.807, 2.05) is 6.92 Å². The molecule has 34 heavy (non-hydrogen) atoms. The summed E-state index contributed by atoms with van der Waals surface area (Å²) in [5.41, 5.74) is -0.273. The van der Waals surface area contributed by atoms with Gasteiger partial charge in [0.05, 0.1) is 6.42 Å². The van der Waals surface area contributed by atoms with Gasteiger partial charge in [0, 0.05) is 18.4 Å². The van der Waals surface area contributed by atoms with E-state index >= 15 is 0 Å². The van der Waals surface area contributed by atoms with Gasteiger partial charge in [0.15, 0.2) is 0 Å². The Balaban J connectivity index is 1.58. The Kier molecular flexibility index (Phi) is 13.5. The van der Waals surface area contributed by atoms with Gasteiger partial charge in [0.25, 0.3) is 0 Å². The molecule has 6 nitrogen and oxygen atoms in total. The number of carbonyl (C=O) groups is 2. The molecule has 0 N–H and O–H groups in total. The molecule has 2 rings (SSSR count). The quantitative estimate of drug-likeness (QED) is 0.297. The van der Waals surface area contributed by atoms with E-state index in [1.54, 1.807) is 0 Å². The molecule has 0 radical (unpaired) electrons. The molecular formula is C28H52N2O4. The van der Waals surface area contributed by atoms with Crippen LogP contribution in [0.15, 0.2) is 0 Å². The molecule has 0 spiro atoms. The lowest BCUT2D eigenvalue weighted by molar-refractivity contribution is -0.154. The van der Waals surface area contributed by atoms with Crippen LogP contribution in [0, 0.1) is 17.3 Å². The SMILES string of the molecule is CCCC(=O)OCC(CC)(CC)COC(=O)CCN1CCC(CCCC2CCN(C)CC2)CC1. The van der Waals surface area contributed by atoms with E-state index in [2.05, 4.69) is 30.7 Å². The van der Waals surface area contributed by atoms with Crippen LogP contribution in [0.1, 0.15) is 97.8 Å². The standard InChI is InChI=1S/C28H52N2O4/c1-5-9-26(31)33-22-28(6-2,7-3)23-34-27(32)16-21-30-19-14-25(15-20-30)11-8-10-24-12-17-29(4)18-13-24/h24-25H,5-23H2,1-4H3. The van der Waals surface area contributed by atoms with Gasteiger partial charge in [-0.3, -0.25) is 9.59 Å². The molecule has 6 heteroatoms. The van der Waals surface area contributed by atoms with Gasteiger partial charge in [-0.1, -0.05) is 40.0 Å². The highest BCUT2D eigenvalue weighted by atomic mass is 16.5. The second kappa shape index (κ2) is 15.8. The van der Waals surface area contributed by atoms with E-state index in [-0.39, 0.29) is 17.4 Å². The van der Waals surface area contributed by atoms with Gasteiger partial charge in [0.2, 0.25) is 0 Å². The minimum absolute atomic E-state index is 0.133. The zero-order valence-corrected chi connectivity index (χ0v) is 22.6. The third kappa shape index (κ3) is 10.6. The van der Waals surface area contributed by atoms with Crippen LogP contribution in [0.4, 0.5) is 0 Å². The maximum Gasteiger partial charge on any atom is 0.307 e. The van der Waals surface area contributed by atoms with E-state index in [1.165, 1.54) is 58.0 Å². The third-order valence-electron chi connectivity index (χ3n) is 8.43. The molecule has 0 aliphatic carbocycles. The van der Waals surface area contributed by atoms with Gasteiger partial charge in [-0.15, -0.1) is 0 Å². The number of esters is 2. The monoisotopic (exact) mass is 480 g/mol. The maximum atomic E-state index is 12.4. The summed E-state index contributed by atoms with van der Waals surface area (Å²) >= 11 is 0. The van der Waals surface area contributed by atoms with Crippen molar-refractivity contribution < 1.29 is 19.1 Å². The van der Waals surface area contributed by atoms with Crippen LogP contribution in [-0.4, -0.2) is 74.7 Å². The van der Waals surface area contributed by atoms with E-state index in [9.17, 15) is 9.59 Å². The Morgan fingerprint density at radius 3 is 1.79 bits per heavy atom. The van der Waals surface area contributed by atoms with Gasteiger partial charge >= 0.3 is 11.9 Å². The lowest BCUT2D eigenvalue weighted by Crippen LogP contribution is -2.36. The number of nitrogens with zero attached hydrogens (tertiary/aromatic N) is 2. The van der Waals surface area contributed by atoms with E-state index in [0.717, 1.165) is 50.7 Å². The van der Waals surface area contributed by atoms with Crippen molar-refractivity contribution in [1.82, 2.24) is 9.80 Å². The highest BCUT2D eigenvalue weighted by Gasteiger charge is 2.30. The summed E-state index contributed by atoms with van der Waals surface area (Å²) in [5.74, 6) is 1.51. The number of likely N-dealkylation sites (tertiary alicyclic amines) is 2. The van der Waals surface area contributed by atoms with Crippen LogP contribution >= 0.6 is 0 Å². The maximum absolute atomic E-state index is 12.4. The molecule has 0 aromatic heterocycles. The van der Waals surface area contributed by atoms with Gasteiger partial charge < -0.3 is 19.3 Å². The van der Waals surface area contributed by atoms with Crippen LogP contribution in [0.25, 0.3) is 0 Å². The summed E-state index contributed by atoms with van der Waals surface area (Å²) in [7, 11) is 2.24. The molecule has 0 unspecified atom stereocenters. The van der Waals surface area contributed by atoms with Crippen LogP contribution in [0.2, 0.25) is 0 Å². The number of ether oxygens (including phenoxy) is 2. The molecule has 0 aromatic carbocycles. The zero-order valence-electron chi connectivity index (χ0n) is 22.6. The topological polar surface area (TPSA) is 59.1 Å². The van der Waals surface area contributed by atoms with Crippen molar-refractivity contribution in [1.29, 1.82) is 0 Å². The lowest BCUT2D eigenvalue weighted by atomic mass is 9.84. The molecule has 0 bridgehead atoms. The smallest absolute Gasteiger partial charge is 0.307 e. The molecule has 0 atom stereocenters. The van der Waals surface area contributed by atoms with E-state index in [4.69, 9.17) is 9.47 Å². The average Bonchev–Trinajstić information content (AvgIpc) is 2.85. The predicted octanol–water partition coefficient (Wildman–Crippen LogP) is 5.29. The van der Waals surface area contributed by atoms with E-state index < -0.39 is 0 Å². The first-order valence-electron chi connectivity index (χ1n) is 14.1. The molecule has 2 saturated heterocycles. The van der Waals surface area contributed by atoms with Crippen LogP contribution in [0.5, 0.6) is 0 Å². The second-order valence-corrected chi connectivity index (χ2v) is 11.0. The lowest BCUT2D eigenvalue weighted by Gasteiger charge is -2.33. The fourth-order valence-corrected chi connectivity index (χ4v) is 5.31. The summed E-state index contributed by atoms with van der Waals surface area (Å²) < 4.78 is 11.1. The van der Waals surface area contributed by atoms with Crippen molar-refractivity contribution in [3.8, 4) is 0 Å². The van der Waals surface area contributed by atoms with Crippen molar-refractivity contribution in [2.75, 3.05) is 53.0 Å². The molecule has 198 valence electrons. The highest BCUT2D eigenvalue weighted by Crippen LogP contribution is 2.29. The summed E-state index contributed by atoms with van der Waals surface area (Å²) in [6.45, 7) is 12.3. The largest absolute Gasteiger partial charge is 0.465 e. The predicted molar refractivity (Wildman–Crippen MR) is 138 cm³/mol. The van der Waals surface area contributed by atoms with Crippen LogP contribution < -0.4 is 0 Å². The minimum Gasteiger partial charge on any atom is -0.465 e. The van der Waals surface area contributed by atoms with Gasteiger partial charge in [-0.05, 0) is 90.0 Å². The average molecular weight is 481 g/mol. The summed E-state index contributed by atoms with van der Waals surface area (Å²) in [4.78, 5) is 29.1. The van der Waals surface area contributed by atoms with Crippen LogP contribution in [-0.2, 0) is 19.1 Å². The number of hydrogen-bond donors (Lipinski definition) is 0. The Morgan fingerprint density at radius 1 is 0.794 bits per heavy atom. The third-order valence-corrected chi connectivity index (χ3v) is 8.43. The number of carbonyl (C=O) groups excluding carboxylic acids is 2. The van der Waals surface area contributed by atoms with Crippen molar-refractivity contribution in [2.45, 2.75) is 97.8 Å². The van der Waals surface area contributed by atoms with Gasteiger partial charge in [-0.25, -0.2) is 0 Å². The number of piperidine rings is 2.